The molecule has 6 nitrogen and oxygen atoms in total. The third-order valence-electron chi connectivity index (χ3n) is 2.92. The van der Waals surface area contributed by atoms with Crippen LogP contribution in [0.5, 0.6) is 0 Å². The van der Waals surface area contributed by atoms with Crippen molar-refractivity contribution in [2.24, 2.45) is 0 Å². The zero-order valence-corrected chi connectivity index (χ0v) is 13.3. The fourth-order valence-electron chi connectivity index (χ4n) is 1.84. The molecule has 0 atom stereocenters. The van der Waals surface area contributed by atoms with Gasteiger partial charge in [-0.15, -0.1) is 0 Å². The summed E-state index contributed by atoms with van der Waals surface area (Å²) < 4.78 is 4.96. The van der Waals surface area contributed by atoms with Crippen LogP contribution in [0, 0.1) is 0 Å². The van der Waals surface area contributed by atoms with Crippen molar-refractivity contribution in [1.29, 1.82) is 0 Å². The van der Waals surface area contributed by atoms with Crippen LogP contribution in [0.4, 0.5) is 21.9 Å². The van der Waals surface area contributed by atoms with Gasteiger partial charge in [0, 0.05) is 23.1 Å². The van der Waals surface area contributed by atoms with Gasteiger partial charge < -0.3 is 20.7 Å². The summed E-state index contributed by atoms with van der Waals surface area (Å²) in [6, 6.07) is 15.6. The molecule has 3 amide bonds. The Morgan fingerprint density at radius 3 is 2.00 bits per heavy atom. The molecule has 6 heteroatoms. The molecular weight excluding hydrogens is 306 g/mol. The minimum Gasteiger partial charge on any atom is -0.501 e. The van der Waals surface area contributed by atoms with Gasteiger partial charge in [-0.25, -0.2) is 4.79 Å². The van der Waals surface area contributed by atoms with Crippen molar-refractivity contribution in [1.82, 2.24) is 0 Å². The molecule has 0 saturated heterocycles. The molecule has 0 fully saturated rings. The van der Waals surface area contributed by atoms with Crippen molar-refractivity contribution in [3.63, 3.8) is 0 Å². The molecule has 0 aliphatic heterocycles. The quantitative estimate of drug-likeness (QED) is 0.558. The Morgan fingerprint density at radius 1 is 0.875 bits per heavy atom. The van der Waals surface area contributed by atoms with Gasteiger partial charge in [0.25, 0.3) is 5.91 Å². The molecule has 0 radical (unpaired) electrons. The Hall–Kier alpha value is -3.28. The molecule has 0 heterocycles. The number of ether oxygens (including phenoxy) is 1. The third-order valence-corrected chi connectivity index (χ3v) is 2.92. The lowest BCUT2D eigenvalue weighted by Gasteiger charge is -2.08. The molecule has 0 saturated carbocycles. The van der Waals surface area contributed by atoms with E-state index in [0.29, 0.717) is 23.7 Å². The van der Waals surface area contributed by atoms with E-state index < -0.39 is 0 Å². The molecule has 0 aromatic heterocycles. The van der Waals surface area contributed by atoms with Crippen molar-refractivity contribution in [3.05, 3.63) is 66.9 Å². The molecule has 2 rings (SSSR count). The Morgan fingerprint density at radius 2 is 1.42 bits per heavy atom. The topological polar surface area (TPSA) is 79.5 Å². The summed E-state index contributed by atoms with van der Waals surface area (Å²) in [5, 5.41) is 8.13. The highest BCUT2D eigenvalue weighted by Gasteiger charge is 2.03. The molecule has 0 unspecified atom stereocenters. The van der Waals surface area contributed by atoms with E-state index in [2.05, 4.69) is 16.0 Å². The Bertz CT molecular complexity index is 697. The zero-order valence-electron chi connectivity index (χ0n) is 13.3. The van der Waals surface area contributed by atoms with Crippen LogP contribution in [0.25, 0.3) is 0 Å². The second kappa shape index (κ2) is 8.99. The van der Waals surface area contributed by atoms with E-state index in [1.807, 2.05) is 25.1 Å². The molecule has 2 aromatic carbocycles. The largest absolute Gasteiger partial charge is 0.501 e. The molecule has 2 aromatic rings. The van der Waals surface area contributed by atoms with Crippen LogP contribution in [0.2, 0.25) is 0 Å². The lowest BCUT2D eigenvalue weighted by molar-refractivity contribution is -0.112. The number of carbonyl (C=O) groups is 2. The van der Waals surface area contributed by atoms with Crippen LogP contribution >= 0.6 is 0 Å². The Kier molecular flexibility index (Phi) is 6.40. The van der Waals surface area contributed by atoms with Crippen molar-refractivity contribution in [2.75, 3.05) is 22.6 Å². The smallest absolute Gasteiger partial charge is 0.323 e. The Balaban J connectivity index is 1.85. The highest BCUT2D eigenvalue weighted by molar-refractivity contribution is 6.01. The summed E-state index contributed by atoms with van der Waals surface area (Å²) in [6.45, 7) is 2.34. The number of rotatable bonds is 6. The first-order valence-electron chi connectivity index (χ1n) is 7.49. The number of amides is 3. The maximum atomic E-state index is 11.9. The van der Waals surface area contributed by atoms with Crippen LogP contribution in [-0.2, 0) is 9.53 Å². The van der Waals surface area contributed by atoms with Crippen molar-refractivity contribution >= 4 is 29.0 Å². The van der Waals surface area contributed by atoms with Gasteiger partial charge in [0.1, 0.15) is 0 Å². The van der Waals surface area contributed by atoms with Gasteiger partial charge in [0.05, 0.1) is 12.9 Å². The lowest BCUT2D eigenvalue weighted by atomic mass is 10.2. The second-order valence-corrected chi connectivity index (χ2v) is 4.77. The number of urea groups is 1. The molecule has 3 N–H and O–H groups in total. The van der Waals surface area contributed by atoms with Gasteiger partial charge in [0.2, 0.25) is 0 Å². The van der Waals surface area contributed by atoms with Crippen LogP contribution in [0.3, 0.4) is 0 Å². The average molecular weight is 325 g/mol. The molecule has 0 spiro atoms. The van der Waals surface area contributed by atoms with Crippen LogP contribution < -0.4 is 16.0 Å². The van der Waals surface area contributed by atoms with Crippen LogP contribution in [0.15, 0.2) is 66.9 Å². The van der Waals surface area contributed by atoms with Gasteiger partial charge in [-0.05, 0) is 43.3 Å². The molecule has 0 aliphatic rings. The Labute approximate surface area is 140 Å². The lowest BCUT2D eigenvalue weighted by Crippen LogP contribution is -2.19. The molecule has 124 valence electrons. The SMILES string of the molecule is CCO/C=C/C(=O)Nc1ccc(NC(=O)Nc2ccccc2)cc1. The molecule has 24 heavy (non-hydrogen) atoms. The van der Waals surface area contributed by atoms with Gasteiger partial charge in [-0.2, -0.15) is 0 Å². The summed E-state index contributed by atoms with van der Waals surface area (Å²) in [7, 11) is 0. The summed E-state index contributed by atoms with van der Waals surface area (Å²) in [5.41, 5.74) is 1.95. The van der Waals surface area contributed by atoms with E-state index in [0.717, 1.165) is 0 Å². The summed E-state index contributed by atoms with van der Waals surface area (Å²) in [5.74, 6) is -0.286. The van der Waals surface area contributed by atoms with Gasteiger partial charge in [-0.1, -0.05) is 18.2 Å². The fourth-order valence-corrected chi connectivity index (χ4v) is 1.84. The van der Waals surface area contributed by atoms with Crippen molar-refractivity contribution in [3.8, 4) is 0 Å². The van der Waals surface area contributed by atoms with Crippen molar-refractivity contribution in [2.45, 2.75) is 6.92 Å². The molecule has 0 aliphatic carbocycles. The second-order valence-electron chi connectivity index (χ2n) is 4.77. The predicted molar refractivity (Wildman–Crippen MR) is 94.9 cm³/mol. The van der Waals surface area contributed by atoms with Crippen LogP contribution in [0.1, 0.15) is 6.92 Å². The van der Waals surface area contributed by atoms with E-state index >= 15 is 0 Å². The summed E-state index contributed by atoms with van der Waals surface area (Å²) in [6.07, 6.45) is 2.65. The summed E-state index contributed by atoms with van der Waals surface area (Å²) in [4.78, 5) is 23.5. The van der Waals surface area contributed by atoms with E-state index in [-0.39, 0.29) is 11.9 Å². The number of benzene rings is 2. The number of hydrogen-bond donors (Lipinski definition) is 3. The van der Waals surface area contributed by atoms with Gasteiger partial charge in [-0.3, -0.25) is 4.79 Å². The van der Waals surface area contributed by atoms with E-state index in [9.17, 15) is 9.59 Å². The number of nitrogens with one attached hydrogen (secondary N) is 3. The maximum Gasteiger partial charge on any atom is 0.323 e. The molecular formula is C18H19N3O3. The van der Waals surface area contributed by atoms with E-state index in [4.69, 9.17) is 4.74 Å². The van der Waals surface area contributed by atoms with Gasteiger partial charge >= 0.3 is 6.03 Å². The third kappa shape index (κ3) is 5.84. The monoisotopic (exact) mass is 325 g/mol. The van der Waals surface area contributed by atoms with E-state index in [1.54, 1.807) is 36.4 Å². The first-order chi connectivity index (χ1) is 11.7. The highest BCUT2D eigenvalue weighted by Crippen LogP contribution is 2.14. The fraction of sp³-hybridized carbons (Fsp3) is 0.111. The maximum absolute atomic E-state index is 11.9. The minimum atomic E-state index is -0.336. The predicted octanol–water partition coefficient (Wildman–Crippen LogP) is 3.82. The number of para-hydroxylation sites is 1. The number of carbonyl (C=O) groups excluding carboxylic acids is 2. The van der Waals surface area contributed by atoms with E-state index in [1.165, 1.54) is 12.3 Å². The zero-order chi connectivity index (χ0) is 17.2. The first kappa shape index (κ1) is 17.1. The molecule has 0 bridgehead atoms. The van der Waals surface area contributed by atoms with Crippen molar-refractivity contribution < 1.29 is 14.3 Å². The summed E-state index contributed by atoms with van der Waals surface area (Å²) >= 11 is 0. The normalized spacial score (nSPS) is 10.2. The standard InChI is InChI=1S/C18H19N3O3/c1-2-24-13-12-17(22)19-15-8-10-16(11-9-15)21-18(23)20-14-6-4-3-5-7-14/h3-13H,2H2,1H3,(H,19,22)(H2,20,21,23)/b13-12+. The number of hydrogen-bond acceptors (Lipinski definition) is 3. The average Bonchev–Trinajstić information content (AvgIpc) is 2.58. The first-order valence-corrected chi connectivity index (χ1v) is 7.49. The number of anilines is 3. The van der Waals surface area contributed by atoms with Gasteiger partial charge in [0.15, 0.2) is 0 Å². The minimum absolute atomic E-state index is 0.286. The highest BCUT2D eigenvalue weighted by atomic mass is 16.5. The van der Waals surface area contributed by atoms with Crippen LogP contribution in [-0.4, -0.2) is 18.5 Å².